The van der Waals surface area contributed by atoms with E-state index >= 15 is 0 Å². The van der Waals surface area contributed by atoms with Gasteiger partial charge in [-0.15, -0.1) is 11.3 Å². The van der Waals surface area contributed by atoms with Gasteiger partial charge in [-0.25, -0.2) is 4.98 Å². The summed E-state index contributed by atoms with van der Waals surface area (Å²) < 4.78 is 6.51. The van der Waals surface area contributed by atoms with Crippen molar-refractivity contribution in [2.75, 3.05) is 31.2 Å². The molecule has 3 aromatic rings. The molecule has 4 rings (SSSR count). The molecule has 6 heteroatoms. The minimum Gasteiger partial charge on any atom is -0.378 e. The van der Waals surface area contributed by atoms with Crippen LogP contribution in [0.4, 0.5) is 5.82 Å². The van der Waals surface area contributed by atoms with Gasteiger partial charge in [-0.1, -0.05) is 30.3 Å². The second kappa shape index (κ2) is 5.83. The molecule has 4 nitrogen and oxygen atoms in total. The van der Waals surface area contributed by atoms with Crippen molar-refractivity contribution in [3.05, 3.63) is 41.7 Å². The number of anilines is 1. The molecule has 2 aromatic heterocycles. The van der Waals surface area contributed by atoms with Gasteiger partial charge in [0.15, 0.2) is 5.82 Å². The molecule has 3 heterocycles. The zero-order valence-electron chi connectivity index (χ0n) is 11.8. The predicted octanol–water partition coefficient (Wildman–Crippen LogP) is 3.85. The smallest absolute Gasteiger partial charge is 0.224 e. The second-order valence-electron chi connectivity index (χ2n) is 5.11. The number of hydrogen-bond acceptors (Lipinski definition) is 5. The lowest BCUT2D eigenvalue weighted by Gasteiger charge is -2.28. The number of hydrogen-bond donors (Lipinski definition) is 0. The minimum absolute atomic E-state index is 0.298. The number of halogens is 1. The van der Waals surface area contributed by atoms with E-state index in [-0.39, 0.29) is 0 Å². The third-order valence-electron chi connectivity index (χ3n) is 3.70. The van der Waals surface area contributed by atoms with Crippen molar-refractivity contribution in [1.82, 2.24) is 9.97 Å². The van der Waals surface area contributed by atoms with Crippen LogP contribution in [-0.2, 0) is 4.74 Å². The summed E-state index contributed by atoms with van der Waals surface area (Å²) in [5, 5.41) is 0.298. The number of rotatable bonds is 2. The minimum atomic E-state index is 0.298. The Morgan fingerprint density at radius 2 is 1.86 bits per heavy atom. The lowest BCUT2D eigenvalue weighted by Crippen LogP contribution is -2.36. The summed E-state index contributed by atoms with van der Waals surface area (Å²) in [6.45, 7) is 3.11. The van der Waals surface area contributed by atoms with Gasteiger partial charge in [0.1, 0.15) is 0 Å². The van der Waals surface area contributed by atoms with Gasteiger partial charge < -0.3 is 9.64 Å². The van der Waals surface area contributed by atoms with Gasteiger partial charge in [-0.3, -0.25) is 0 Å². The maximum absolute atomic E-state index is 6.12. The van der Waals surface area contributed by atoms with Crippen LogP contribution in [0, 0.1) is 0 Å². The van der Waals surface area contributed by atoms with Crippen molar-refractivity contribution in [2.24, 2.45) is 0 Å². The maximum atomic E-state index is 6.12. The number of morpholine rings is 1. The third-order valence-corrected chi connectivity index (χ3v) is 5.03. The zero-order chi connectivity index (χ0) is 14.9. The molecule has 1 saturated heterocycles. The first-order valence-corrected chi connectivity index (χ1v) is 8.36. The standard InChI is InChI=1S/C16H14ClN3OS/c17-16-18-12-10-13(11-4-2-1-3-5-11)22-14(12)15(19-16)20-6-8-21-9-7-20/h1-5,10H,6-9H2. The van der Waals surface area contributed by atoms with Crippen LogP contribution < -0.4 is 4.90 Å². The molecule has 0 radical (unpaired) electrons. The van der Waals surface area contributed by atoms with Crippen molar-refractivity contribution >= 4 is 39.0 Å². The van der Waals surface area contributed by atoms with E-state index in [0.29, 0.717) is 5.28 Å². The fraction of sp³-hybridized carbons (Fsp3) is 0.250. The summed E-state index contributed by atoms with van der Waals surface area (Å²) in [6, 6.07) is 12.4. The number of aromatic nitrogens is 2. The van der Waals surface area contributed by atoms with Crippen LogP contribution >= 0.6 is 22.9 Å². The van der Waals surface area contributed by atoms with Crippen LogP contribution in [0.25, 0.3) is 20.7 Å². The Balaban J connectivity index is 1.84. The van der Waals surface area contributed by atoms with E-state index in [4.69, 9.17) is 16.3 Å². The van der Waals surface area contributed by atoms with Crippen LogP contribution in [0.15, 0.2) is 36.4 Å². The largest absolute Gasteiger partial charge is 0.378 e. The van der Waals surface area contributed by atoms with Gasteiger partial charge in [-0.2, -0.15) is 4.98 Å². The fourth-order valence-electron chi connectivity index (χ4n) is 2.62. The van der Waals surface area contributed by atoms with Crippen molar-refractivity contribution < 1.29 is 4.74 Å². The Kier molecular flexibility index (Phi) is 3.70. The average Bonchev–Trinajstić information content (AvgIpc) is 2.99. The molecule has 1 aliphatic rings. The molecule has 0 spiro atoms. The monoisotopic (exact) mass is 331 g/mol. The molecule has 0 aliphatic carbocycles. The molecule has 22 heavy (non-hydrogen) atoms. The maximum Gasteiger partial charge on any atom is 0.224 e. The van der Waals surface area contributed by atoms with E-state index in [1.165, 1.54) is 10.4 Å². The highest BCUT2D eigenvalue weighted by molar-refractivity contribution is 7.22. The van der Waals surface area contributed by atoms with E-state index < -0.39 is 0 Å². The fourth-order valence-corrected chi connectivity index (χ4v) is 3.91. The number of thiophene rings is 1. The summed E-state index contributed by atoms with van der Waals surface area (Å²) in [5.74, 6) is 0.922. The summed E-state index contributed by atoms with van der Waals surface area (Å²) in [4.78, 5) is 12.3. The molecule has 0 saturated carbocycles. The first-order chi connectivity index (χ1) is 10.8. The molecule has 112 valence electrons. The lowest BCUT2D eigenvalue weighted by molar-refractivity contribution is 0.122. The number of benzene rings is 1. The van der Waals surface area contributed by atoms with Crippen LogP contribution in [-0.4, -0.2) is 36.3 Å². The van der Waals surface area contributed by atoms with Gasteiger partial charge in [0.05, 0.1) is 23.4 Å². The Hall–Kier alpha value is -1.69. The van der Waals surface area contributed by atoms with Crippen LogP contribution in [0.2, 0.25) is 5.28 Å². The molecule has 0 unspecified atom stereocenters. The Morgan fingerprint density at radius 1 is 1.09 bits per heavy atom. The van der Waals surface area contributed by atoms with Gasteiger partial charge in [0, 0.05) is 18.0 Å². The van der Waals surface area contributed by atoms with Gasteiger partial charge in [0.2, 0.25) is 5.28 Å². The van der Waals surface area contributed by atoms with Gasteiger partial charge >= 0.3 is 0 Å². The van der Waals surface area contributed by atoms with E-state index in [1.807, 2.05) is 18.2 Å². The highest BCUT2D eigenvalue weighted by Crippen LogP contribution is 2.37. The Labute approximate surface area is 137 Å². The molecule has 0 bridgehead atoms. The molecule has 0 amide bonds. The van der Waals surface area contributed by atoms with Gasteiger partial charge in [0.25, 0.3) is 0 Å². The SMILES string of the molecule is Clc1nc(N2CCOCC2)c2sc(-c3ccccc3)cc2n1. The summed E-state index contributed by atoms with van der Waals surface area (Å²) >= 11 is 7.84. The summed E-state index contributed by atoms with van der Waals surface area (Å²) in [6.07, 6.45) is 0. The third kappa shape index (κ3) is 2.56. The summed E-state index contributed by atoms with van der Waals surface area (Å²) in [7, 11) is 0. The Bertz CT molecular complexity index is 800. The lowest BCUT2D eigenvalue weighted by atomic mass is 10.2. The molecule has 0 atom stereocenters. The Morgan fingerprint density at radius 3 is 2.64 bits per heavy atom. The molecular formula is C16H14ClN3OS. The molecule has 1 aromatic carbocycles. The highest BCUT2D eigenvalue weighted by atomic mass is 35.5. The molecule has 1 fully saturated rings. The number of ether oxygens (including phenoxy) is 1. The van der Waals surface area contributed by atoms with Crippen LogP contribution in [0.5, 0.6) is 0 Å². The summed E-state index contributed by atoms with van der Waals surface area (Å²) in [5.41, 5.74) is 2.10. The van der Waals surface area contributed by atoms with E-state index in [2.05, 4.69) is 33.1 Å². The van der Waals surface area contributed by atoms with Crippen molar-refractivity contribution in [3.63, 3.8) is 0 Å². The second-order valence-corrected chi connectivity index (χ2v) is 6.50. The highest BCUT2D eigenvalue weighted by Gasteiger charge is 2.19. The van der Waals surface area contributed by atoms with Gasteiger partial charge in [-0.05, 0) is 23.2 Å². The zero-order valence-corrected chi connectivity index (χ0v) is 13.4. The first kappa shape index (κ1) is 13.9. The van der Waals surface area contributed by atoms with Crippen LogP contribution in [0.3, 0.4) is 0 Å². The topological polar surface area (TPSA) is 38.2 Å². The van der Waals surface area contributed by atoms with E-state index in [0.717, 1.165) is 42.3 Å². The van der Waals surface area contributed by atoms with E-state index in [9.17, 15) is 0 Å². The van der Waals surface area contributed by atoms with Crippen molar-refractivity contribution in [1.29, 1.82) is 0 Å². The van der Waals surface area contributed by atoms with Crippen molar-refractivity contribution in [3.8, 4) is 10.4 Å². The van der Waals surface area contributed by atoms with Crippen molar-refractivity contribution in [2.45, 2.75) is 0 Å². The predicted molar refractivity (Wildman–Crippen MR) is 90.9 cm³/mol. The number of fused-ring (bicyclic) bond motifs is 1. The normalized spacial score (nSPS) is 15.4. The average molecular weight is 332 g/mol. The molecule has 1 aliphatic heterocycles. The molecule has 0 N–H and O–H groups in total. The number of nitrogens with zero attached hydrogens (tertiary/aromatic N) is 3. The molecular weight excluding hydrogens is 318 g/mol. The first-order valence-electron chi connectivity index (χ1n) is 7.16. The quantitative estimate of drug-likeness (QED) is 0.669. The van der Waals surface area contributed by atoms with Crippen LogP contribution in [0.1, 0.15) is 0 Å². The van der Waals surface area contributed by atoms with E-state index in [1.54, 1.807) is 11.3 Å².